The Morgan fingerprint density at radius 3 is 2.57 bits per heavy atom. The summed E-state index contributed by atoms with van der Waals surface area (Å²) in [7, 11) is 1.69. The molecule has 2 aromatic rings. The molecule has 0 radical (unpaired) electrons. The van der Waals surface area contributed by atoms with E-state index in [0.717, 1.165) is 12.4 Å². The van der Waals surface area contributed by atoms with Gasteiger partial charge in [0.2, 0.25) is 0 Å². The Hall–Kier alpha value is -1.58. The second kappa shape index (κ2) is 5.32. The fourth-order valence-electron chi connectivity index (χ4n) is 3.11. The summed E-state index contributed by atoms with van der Waals surface area (Å²) in [5, 5.41) is 6.03. The molecule has 1 aliphatic rings. The molecule has 0 spiro atoms. The standard InChI is InChI=1S/C18H23NO2/c1-12-17(21-11-18(2,3)19-12)15-6-5-14-10-16(20-4)8-7-13(14)9-15/h5-10,12,17,19H,11H2,1-4H3. The SMILES string of the molecule is COc1ccc2cc(C3OCC(C)(C)NC3C)ccc2c1. The van der Waals surface area contributed by atoms with Crippen LogP contribution >= 0.6 is 0 Å². The van der Waals surface area contributed by atoms with Crippen LogP contribution in [0.1, 0.15) is 32.4 Å². The molecule has 1 heterocycles. The lowest BCUT2D eigenvalue weighted by Gasteiger charge is -2.41. The molecule has 0 aliphatic carbocycles. The highest BCUT2D eigenvalue weighted by atomic mass is 16.5. The molecular weight excluding hydrogens is 262 g/mol. The molecule has 1 aliphatic heterocycles. The van der Waals surface area contributed by atoms with E-state index in [0.29, 0.717) is 6.04 Å². The smallest absolute Gasteiger partial charge is 0.119 e. The molecule has 21 heavy (non-hydrogen) atoms. The minimum atomic E-state index is 0.0418. The maximum absolute atomic E-state index is 6.10. The number of hydrogen-bond acceptors (Lipinski definition) is 3. The number of methoxy groups -OCH3 is 1. The van der Waals surface area contributed by atoms with Crippen LogP contribution < -0.4 is 10.1 Å². The van der Waals surface area contributed by atoms with Gasteiger partial charge >= 0.3 is 0 Å². The van der Waals surface area contributed by atoms with Gasteiger partial charge in [-0.1, -0.05) is 18.2 Å². The Labute approximate surface area is 126 Å². The monoisotopic (exact) mass is 285 g/mol. The first-order valence-electron chi connectivity index (χ1n) is 7.45. The van der Waals surface area contributed by atoms with Crippen LogP contribution in [0.15, 0.2) is 36.4 Å². The van der Waals surface area contributed by atoms with Gasteiger partial charge in [-0.3, -0.25) is 0 Å². The zero-order chi connectivity index (χ0) is 15.0. The lowest BCUT2D eigenvalue weighted by molar-refractivity contribution is -0.0495. The minimum absolute atomic E-state index is 0.0418. The number of nitrogens with one attached hydrogen (secondary N) is 1. The molecule has 1 saturated heterocycles. The van der Waals surface area contributed by atoms with Crippen LogP contribution in [0.25, 0.3) is 10.8 Å². The van der Waals surface area contributed by atoms with E-state index in [1.54, 1.807) is 7.11 Å². The van der Waals surface area contributed by atoms with Gasteiger partial charge in [-0.05, 0) is 55.3 Å². The Kier molecular flexibility index (Phi) is 3.64. The van der Waals surface area contributed by atoms with E-state index >= 15 is 0 Å². The summed E-state index contributed by atoms with van der Waals surface area (Å²) in [4.78, 5) is 0. The predicted octanol–water partition coefficient (Wildman–Crippen LogP) is 3.68. The van der Waals surface area contributed by atoms with Crippen LogP contribution in [-0.4, -0.2) is 25.3 Å². The fraction of sp³-hybridized carbons (Fsp3) is 0.444. The maximum Gasteiger partial charge on any atom is 0.119 e. The van der Waals surface area contributed by atoms with E-state index in [4.69, 9.17) is 9.47 Å². The molecule has 2 unspecified atom stereocenters. The minimum Gasteiger partial charge on any atom is -0.497 e. The molecular formula is C18H23NO2. The number of hydrogen-bond donors (Lipinski definition) is 1. The van der Waals surface area contributed by atoms with Crippen LogP contribution in [0.2, 0.25) is 0 Å². The molecule has 0 bridgehead atoms. The molecule has 0 aromatic heterocycles. The van der Waals surface area contributed by atoms with Gasteiger partial charge < -0.3 is 14.8 Å². The van der Waals surface area contributed by atoms with Crippen molar-refractivity contribution in [2.45, 2.75) is 38.5 Å². The first kappa shape index (κ1) is 14.4. The van der Waals surface area contributed by atoms with Crippen molar-refractivity contribution in [1.29, 1.82) is 0 Å². The van der Waals surface area contributed by atoms with E-state index in [2.05, 4.69) is 56.4 Å². The van der Waals surface area contributed by atoms with Gasteiger partial charge in [-0.2, -0.15) is 0 Å². The summed E-state index contributed by atoms with van der Waals surface area (Å²) in [6.45, 7) is 7.26. The number of fused-ring (bicyclic) bond motifs is 1. The molecule has 1 N–H and O–H groups in total. The quantitative estimate of drug-likeness (QED) is 0.913. The summed E-state index contributed by atoms with van der Waals surface area (Å²) >= 11 is 0. The largest absolute Gasteiger partial charge is 0.497 e. The molecule has 3 nitrogen and oxygen atoms in total. The summed E-state index contributed by atoms with van der Waals surface area (Å²) in [5.41, 5.74) is 1.27. The van der Waals surface area contributed by atoms with Gasteiger partial charge in [0.05, 0.1) is 19.8 Å². The normalized spacial score (nSPS) is 25.0. The molecule has 0 amide bonds. The summed E-state index contributed by atoms with van der Waals surface area (Å²) in [6, 6.07) is 13.0. The molecule has 2 atom stereocenters. The first-order chi connectivity index (χ1) is 9.98. The van der Waals surface area contributed by atoms with E-state index in [9.17, 15) is 0 Å². The van der Waals surface area contributed by atoms with Crippen molar-refractivity contribution in [3.8, 4) is 5.75 Å². The topological polar surface area (TPSA) is 30.5 Å². The summed E-state index contributed by atoms with van der Waals surface area (Å²) in [6.07, 6.45) is 0.101. The van der Waals surface area contributed by atoms with Crippen LogP contribution in [-0.2, 0) is 4.74 Å². The summed E-state index contributed by atoms with van der Waals surface area (Å²) in [5.74, 6) is 0.890. The van der Waals surface area contributed by atoms with E-state index < -0.39 is 0 Å². The average molecular weight is 285 g/mol. The highest BCUT2D eigenvalue weighted by molar-refractivity contribution is 5.84. The van der Waals surface area contributed by atoms with Crippen molar-refractivity contribution < 1.29 is 9.47 Å². The molecule has 3 rings (SSSR count). The van der Waals surface area contributed by atoms with E-state index in [1.165, 1.54) is 16.3 Å². The van der Waals surface area contributed by atoms with Gasteiger partial charge in [0.1, 0.15) is 5.75 Å². The van der Waals surface area contributed by atoms with E-state index in [-0.39, 0.29) is 11.6 Å². The zero-order valence-corrected chi connectivity index (χ0v) is 13.1. The number of rotatable bonds is 2. The van der Waals surface area contributed by atoms with Gasteiger partial charge in [-0.15, -0.1) is 0 Å². The Bertz CT molecular complexity index is 651. The third kappa shape index (κ3) is 2.89. The molecule has 112 valence electrons. The number of ether oxygens (including phenoxy) is 2. The van der Waals surface area contributed by atoms with Gasteiger partial charge in [-0.25, -0.2) is 0 Å². The lowest BCUT2D eigenvalue weighted by Crippen LogP contribution is -2.55. The Morgan fingerprint density at radius 2 is 1.86 bits per heavy atom. The van der Waals surface area contributed by atoms with Crippen LogP contribution in [0.5, 0.6) is 5.75 Å². The summed E-state index contributed by atoms with van der Waals surface area (Å²) < 4.78 is 11.4. The van der Waals surface area contributed by atoms with Gasteiger partial charge in [0, 0.05) is 11.6 Å². The second-order valence-electron chi connectivity index (χ2n) is 6.52. The van der Waals surface area contributed by atoms with Crippen molar-refractivity contribution in [2.75, 3.05) is 13.7 Å². The second-order valence-corrected chi connectivity index (χ2v) is 6.52. The first-order valence-corrected chi connectivity index (χ1v) is 7.45. The maximum atomic E-state index is 6.10. The molecule has 3 heteroatoms. The van der Waals surface area contributed by atoms with Crippen molar-refractivity contribution in [3.63, 3.8) is 0 Å². The van der Waals surface area contributed by atoms with Crippen molar-refractivity contribution in [1.82, 2.24) is 5.32 Å². The van der Waals surface area contributed by atoms with Crippen LogP contribution in [0, 0.1) is 0 Å². The van der Waals surface area contributed by atoms with Crippen molar-refractivity contribution in [2.24, 2.45) is 0 Å². The molecule has 0 saturated carbocycles. The number of benzene rings is 2. The third-order valence-electron chi connectivity index (χ3n) is 4.10. The van der Waals surface area contributed by atoms with E-state index in [1.807, 2.05) is 6.07 Å². The fourth-order valence-corrected chi connectivity index (χ4v) is 3.11. The Balaban J connectivity index is 1.91. The highest BCUT2D eigenvalue weighted by Gasteiger charge is 2.33. The Morgan fingerprint density at radius 1 is 1.14 bits per heavy atom. The lowest BCUT2D eigenvalue weighted by atomic mass is 9.94. The van der Waals surface area contributed by atoms with Crippen LogP contribution in [0.4, 0.5) is 0 Å². The zero-order valence-electron chi connectivity index (χ0n) is 13.1. The molecule has 2 aromatic carbocycles. The van der Waals surface area contributed by atoms with Gasteiger partial charge in [0.15, 0.2) is 0 Å². The van der Waals surface area contributed by atoms with Crippen LogP contribution in [0.3, 0.4) is 0 Å². The van der Waals surface area contributed by atoms with Crippen molar-refractivity contribution >= 4 is 10.8 Å². The van der Waals surface area contributed by atoms with Gasteiger partial charge in [0.25, 0.3) is 0 Å². The average Bonchev–Trinajstić information content (AvgIpc) is 2.45. The third-order valence-corrected chi connectivity index (χ3v) is 4.10. The predicted molar refractivity (Wildman–Crippen MR) is 85.9 cm³/mol. The van der Waals surface area contributed by atoms with Crippen molar-refractivity contribution in [3.05, 3.63) is 42.0 Å². The molecule has 1 fully saturated rings. The number of morpholine rings is 1. The highest BCUT2D eigenvalue weighted by Crippen LogP contribution is 2.31.